The fourth-order valence-corrected chi connectivity index (χ4v) is 3.23. The molecule has 5 rings (SSSR count). The van der Waals surface area contributed by atoms with Crippen molar-refractivity contribution in [3.05, 3.63) is 90.8 Å². The molecule has 0 unspecified atom stereocenters. The fraction of sp³-hybridized carbons (Fsp3) is 0.0455. The molecule has 0 aliphatic heterocycles. The molecule has 3 aromatic carbocycles. The van der Waals surface area contributed by atoms with E-state index in [0.717, 1.165) is 28.2 Å². The molecule has 0 spiro atoms. The number of para-hydroxylation sites is 4. The Morgan fingerprint density at radius 1 is 0.714 bits per heavy atom. The third-order valence-electron chi connectivity index (χ3n) is 4.56. The van der Waals surface area contributed by atoms with Crippen molar-refractivity contribution in [2.45, 2.75) is 6.54 Å². The Morgan fingerprint density at radius 3 is 2.18 bits per heavy atom. The van der Waals surface area contributed by atoms with Crippen LogP contribution in [0.3, 0.4) is 0 Å². The molecule has 0 atom stereocenters. The minimum Gasteiger partial charge on any atom is -0.378 e. The molecule has 6 nitrogen and oxygen atoms in total. The molecule has 2 aromatic heterocycles. The van der Waals surface area contributed by atoms with Gasteiger partial charge in [0.05, 0.1) is 17.6 Å². The second-order valence-corrected chi connectivity index (χ2v) is 6.43. The van der Waals surface area contributed by atoms with Gasteiger partial charge in [0.2, 0.25) is 5.65 Å². The molecular weight excluding hydrogens is 348 g/mol. The number of anilines is 3. The number of fused-ring (bicyclic) bond motifs is 3. The summed E-state index contributed by atoms with van der Waals surface area (Å²) in [4.78, 5) is 4.78. The third kappa shape index (κ3) is 3.01. The van der Waals surface area contributed by atoms with Crippen molar-refractivity contribution in [1.29, 1.82) is 0 Å². The van der Waals surface area contributed by atoms with Crippen LogP contribution >= 0.6 is 0 Å². The number of benzene rings is 3. The van der Waals surface area contributed by atoms with Gasteiger partial charge in [-0.15, -0.1) is 10.2 Å². The maximum absolute atomic E-state index is 4.78. The van der Waals surface area contributed by atoms with E-state index in [1.165, 1.54) is 0 Å². The van der Waals surface area contributed by atoms with Crippen molar-refractivity contribution < 1.29 is 0 Å². The van der Waals surface area contributed by atoms with Gasteiger partial charge in [-0.2, -0.15) is 0 Å². The summed E-state index contributed by atoms with van der Waals surface area (Å²) in [5, 5.41) is 15.6. The highest BCUT2D eigenvalue weighted by Crippen LogP contribution is 2.24. The first kappa shape index (κ1) is 16.3. The Kier molecular flexibility index (Phi) is 4.06. The highest BCUT2D eigenvalue weighted by Gasteiger charge is 2.15. The first-order chi connectivity index (χ1) is 13.9. The van der Waals surface area contributed by atoms with Crippen molar-refractivity contribution in [2.75, 3.05) is 10.6 Å². The van der Waals surface area contributed by atoms with Crippen LogP contribution in [-0.4, -0.2) is 19.6 Å². The van der Waals surface area contributed by atoms with Crippen LogP contribution < -0.4 is 10.6 Å². The van der Waals surface area contributed by atoms with Crippen molar-refractivity contribution in [2.24, 2.45) is 0 Å². The number of nitrogens with one attached hydrogen (secondary N) is 2. The SMILES string of the molecule is c1ccc(NCc2nnc3c(Nc4ccccc4)nc4ccccc4n23)cc1. The lowest BCUT2D eigenvalue weighted by Crippen LogP contribution is -2.06. The standard InChI is InChI=1S/C22H18N6/c1-3-9-16(10-4-1)23-15-20-26-27-22-21(24-17-11-5-2-6-12-17)25-18-13-7-8-14-19(18)28(20)22/h1-14,23H,15H2,(H,24,25). The summed E-state index contributed by atoms with van der Waals surface area (Å²) >= 11 is 0. The van der Waals surface area contributed by atoms with Crippen LogP contribution in [0.4, 0.5) is 17.2 Å². The van der Waals surface area contributed by atoms with E-state index < -0.39 is 0 Å². The fourth-order valence-electron chi connectivity index (χ4n) is 3.23. The predicted molar refractivity (Wildman–Crippen MR) is 112 cm³/mol. The first-order valence-corrected chi connectivity index (χ1v) is 9.12. The molecule has 0 bridgehead atoms. The zero-order valence-corrected chi connectivity index (χ0v) is 15.1. The molecule has 0 aliphatic rings. The number of aromatic nitrogens is 4. The maximum atomic E-state index is 4.78. The summed E-state index contributed by atoms with van der Waals surface area (Å²) in [5.41, 5.74) is 4.56. The quantitative estimate of drug-likeness (QED) is 0.475. The Balaban J connectivity index is 1.60. The minimum atomic E-state index is 0.559. The molecule has 6 heteroatoms. The summed E-state index contributed by atoms with van der Waals surface area (Å²) in [7, 11) is 0. The van der Waals surface area contributed by atoms with E-state index in [1.54, 1.807) is 0 Å². The van der Waals surface area contributed by atoms with E-state index in [-0.39, 0.29) is 0 Å². The molecule has 0 fully saturated rings. The lowest BCUT2D eigenvalue weighted by Gasteiger charge is -2.11. The molecule has 5 aromatic rings. The molecule has 136 valence electrons. The number of rotatable bonds is 5. The van der Waals surface area contributed by atoms with Crippen molar-refractivity contribution in [3.63, 3.8) is 0 Å². The van der Waals surface area contributed by atoms with E-state index in [0.29, 0.717) is 18.0 Å². The third-order valence-corrected chi connectivity index (χ3v) is 4.56. The Hall–Kier alpha value is -3.93. The first-order valence-electron chi connectivity index (χ1n) is 9.12. The zero-order chi connectivity index (χ0) is 18.8. The maximum Gasteiger partial charge on any atom is 0.204 e. The normalized spacial score (nSPS) is 11.0. The van der Waals surface area contributed by atoms with E-state index in [4.69, 9.17) is 4.98 Å². The second kappa shape index (κ2) is 7.00. The predicted octanol–water partition coefficient (Wildman–Crippen LogP) is 4.63. The Morgan fingerprint density at radius 2 is 1.39 bits per heavy atom. The highest BCUT2D eigenvalue weighted by atomic mass is 15.3. The smallest absolute Gasteiger partial charge is 0.204 e. The lowest BCUT2D eigenvalue weighted by molar-refractivity contribution is 0.930. The number of hydrogen-bond donors (Lipinski definition) is 2. The van der Waals surface area contributed by atoms with E-state index >= 15 is 0 Å². The van der Waals surface area contributed by atoms with Gasteiger partial charge in [-0.3, -0.25) is 4.40 Å². The van der Waals surface area contributed by atoms with Gasteiger partial charge in [-0.25, -0.2) is 4.98 Å². The molecule has 2 heterocycles. The summed E-state index contributed by atoms with van der Waals surface area (Å²) in [6, 6.07) is 28.1. The zero-order valence-electron chi connectivity index (χ0n) is 15.1. The Bertz CT molecular complexity index is 1230. The van der Waals surface area contributed by atoms with Gasteiger partial charge in [0, 0.05) is 11.4 Å². The average Bonchev–Trinajstić information content (AvgIpc) is 3.19. The largest absolute Gasteiger partial charge is 0.378 e. The van der Waals surface area contributed by atoms with Gasteiger partial charge in [-0.1, -0.05) is 48.5 Å². The summed E-state index contributed by atoms with van der Waals surface area (Å²) < 4.78 is 2.06. The summed E-state index contributed by atoms with van der Waals surface area (Å²) in [6.07, 6.45) is 0. The van der Waals surface area contributed by atoms with Gasteiger partial charge in [0.25, 0.3) is 0 Å². The lowest BCUT2D eigenvalue weighted by atomic mass is 10.3. The minimum absolute atomic E-state index is 0.559. The molecule has 2 N–H and O–H groups in total. The van der Waals surface area contributed by atoms with Crippen LogP contribution in [0.2, 0.25) is 0 Å². The second-order valence-electron chi connectivity index (χ2n) is 6.43. The van der Waals surface area contributed by atoms with Gasteiger partial charge < -0.3 is 10.6 Å². The van der Waals surface area contributed by atoms with Crippen LogP contribution in [0.1, 0.15) is 5.82 Å². The highest BCUT2D eigenvalue weighted by molar-refractivity contribution is 5.84. The molecular formula is C22H18N6. The summed E-state index contributed by atoms with van der Waals surface area (Å²) in [6.45, 7) is 0.559. The van der Waals surface area contributed by atoms with Crippen molar-refractivity contribution in [3.8, 4) is 0 Å². The van der Waals surface area contributed by atoms with Crippen molar-refractivity contribution >= 4 is 33.9 Å². The van der Waals surface area contributed by atoms with Crippen molar-refractivity contribution in [1.82, 2.24) is 19.6 Å². The van der Waals surface area contributed by atoms with Crippen LogP contribution in [0.15, 0.2) is 84.9 Å². The van der Waals surface area contributed by atoms with E-state index in [2.05, 4.69) is 25.2 Å². The molecule has 0 radical (unpaired) electrons. The van der Waals surface area contributed by atoms with Crippen LogP contribution in [-0.2, 0) is 6.54 Å². The summed E-state index contributed by atoms with van der Waals surface area (Å²) in [5.74, 6) is 1.51. The van der Waals surface area contributed by atoms with Crippen LogP contribution in [0.5, 0.6) is 0 Å². The van der Waals surface area contributed by atoms with Gasteiger partial charge in [0.1, 0.15) is 0 Å². The van der Waals surface area contributed by atoms with Gasteiger partial charge in [-0.05, 0) is 36.4 Å². The average molecular weight is 366 g/mol. The Labute approximate surface area is 161 Å². The number of nitrogens with zero attached hydrogens (tertiary/aromatic N) is 4. The van der Waals surface area contributed by atoms with E-state index in [1.807, 2.05) is 84.9 Å². The number of hydrogen-bond acceptors (Lipinski definition) is 5. The van der Waals surface area contributed by atoms with E-state index in [9.17, 15) is 0 Å². The molecule has 28 heavy (non-hydrogen) atoms. The topological polar surface area (TPSA) is 67.1 Å². The molecule has 0 aliphatic carbocycles. The molecule has 0 saturated heterocycles. The van der Waals surface area contributed by atoms with Crippen LogP contribution in [0.25, 0.3) is 16.7 Å². The molecule has 0 amide bonds. The monoisotopic (exact) mass is 366 g/mol. The van der Waals surface area contributed by atoms with Crippen LogP contribution in [0, 0.1) is 0 Å². The molecule has 0 saturated carbocycles. The van der Waals surface area contributed by atoms with Gasteiger partial charge >= 0.3 is 0 Å². The van der Waals surface area contributed by atoms with Gasteiger partial charge in [0.15, 0.2) is 11.6 Å².